The minimum atomic E-state index is -0.689. The molecule has 29 heavy (non-hydrogen) atoms. The summed E-state index contributed by atoms with van der Waals surface area (Å²) in [6.07, 6.45) is -0.644. The molecule has 3 rings (SSSR count). The first-order valence-corrected chi connectivity index (χ1v) is 10.6. The Morgan fingerprint density at radius 2 is 1.90 bits per heavy atom. The molecule has 0 bridgehead atoms. The molecule has 0 aromatic heterocycles. The number of rotatable bonds is 6. The van der Waals surface area contributed by atoms with E-state index in [-0.39, 0.29) is 0 Å². The Labute approximate surface area is 180 Å². The van der Waals surface area contributed by atoms with Gasteiger partial charge in [-0.2, -0.15) is 0 Å². The SMILES string of the molecule is CC(C)(C)OC(=O)N(CCOCc1ccccc1)[C@H]1c2cccc(Br)c2C[C@@H]1O. The van der Waals surface area contributed by atoms with Gasteiger partial charge in [-0.3, -0.25) is 4.90 Å². The fraction of sp³-hybridized carbons (Fsp3) is 0.435. The molecule has 1 aliphatic rings. The van der Waals surface area contributed by atoms with Crippen LogP contribution >= 0.6 is 15.9 Å². The van der Waals surface area contributed by atoms with Crippen molar-refractivity contribution in [3.8, 4) is 0 Å². The standard InChI is InChI=1S/C23H28BrNO4/c1-23(2,3)29-22(27)25(12-13-28-15-16-8-5-4-6-9-16)21-17-10-7-11-19(24)18(17)14-20(21)26/h4-11,20-21,26H,12-15H2,1-3H3/t20-,21-/m0/s1. The summed E-state index contributed by atoms with van der Waals surface area (Å²) in [7, 11) is 0. The number of hydrogen-bond donors (Lipinski definition) is 1. The minimum absolute atomic E-state index is 0.329. The lowest BCUT2D eigenvalue weighted by molar-refractivity contribution is -0.0126. The van der Waals surface area contributed by atoms with E-state index in [1.54, 1.807) is 4.90 Å². The predicted octanol–water partition coefficient (Wildman–Crippen LogP) is 4.86. The van der Waals surface area contributed by atoms with E-state index in [4.69, 9.17) is 9.47 Å². The number of nitrogens with zero attached hydrogens (tertiary/aromatic N) is 1. The lowest BCUT2D eigenvalue weighted by atomic mass is 10.1. The van der Waals surface area contributed by atoms with Gasteiger partial charge in [-0.25, -0.2) is 4.79 Å². The molecule has 5 nitrogen and oxygen atoms in total. The molecule has 0 unspecified atom stereocenters. The first-order valence-electron chi connectivity index (χ1n) is 9.83. The number of aliphatic hydroxyl groups is 1. The summed E-state index contributed by atoms with van der Waals surface area (Å²) in [5.41, 5.74) is 2.43. The quantitative estimate of drug-likeness (QED) is 0.623. The van der Waals surface area contributed by atoms with Crippen LogP contribution in [0.4, 0.5) is 4.79 Å². The van der Waals surface area contributed by atoms with Gasteiger partial charge in [0.1, 0.15) is 5.60 Å². The molecule has 6 heteroatoms. The molecule has 0 spiro atoms. The minimum Gasteiger partial charge on any atom is -0.444 e. The second kappa shape index (κ2) is 9.28. The molecular weight excluding hydrogens is 434 g/mol. The molecule has 0 radical (unpaired) electrons. The van der Waals surface area contributed by atoms with E-state index < -0.39 is 23.8 Å². The van der Waals surface area contributed by atoms with Gasteiger partial charge >= 0.3 is 6.09 Å². The number of amides is 1. The number of carbonyl (C=O) groups excluding carboxylic acids is 1. The van der Waals surface area contributed by atoms with Crippen LogP contribution in [-0.2, 0) is 22.5 Å². The zero-order valence-electron chi connectivity index (χ0n) is 17.1. The van der Waals surface area contributed by atoms with Crippen LogP contribution in [0.1, 0.15) is 43.5 Å². The summed E-state index contributed by atoms with van der Waals surface area (Å²) < 4.78 is 12.4. The van der Waals surface area contributed by atoms with Crippen LogP contribution in [0.3, 0.4) is 0 Å². The summed E-state index contributed by atoms with van der Waals surface area (Å²) in [5.74, 6) is 0. The third-order valence-electron chi connectivity index (χ3n) is 4.80. The number of fused-ring (bicyclic) bond motifs is 1. The lowest BCUT2D eigenvalue weighted by Gasteiger charge is -2.33. The zero-order chi connectivity index (χ0) is 21.0. The molecule has 2 aromatic carbocycles. The van der Waals surface area contributed by atoms with Crippen molar-refractivity contribution in [3.63, 3.8) is 0 Å². The molecule has 2 aromatic rings. The van der Waals surface area contributed by atoms with Crippen LogP contribution in [0.5, 0.6) is 0 Å². The second-order valence-corrected chi connectivity index (χ2v) is 9.09. The van der Waals surface area contributed by atoms with Crippen molar-refractivity contribution in [2.45, 2.75) is 51.5 Å². The molecule has 0 fully saturated rings. The first kappa shape index (κ1) is 21.8. The topological polar surface area (TPSA) is 59.0 Å². The molecule has 2 atom stereocenters. The highest BCUT2D eigenvalue weighted by Crippen LogP contribution is 2.40. The van der Waals surface area contributed by atoms with Gasteiger partial charge in [0.2, 0.25) is 0 Å². The highest BCUT2D eigenvalue weighted by atomic mass is 79.9. The number of halogens is 1. The van der Waals surface area contributed by atoms with Crippen molar-refractivity contribution in [2.75, 3.05) is 13.2 Å². The Hall–Kier alpha value is -1.89. The van der Waals surface area contributed by atoms with Crippen LogP contribution in [0.25, 0.3) is 0 Å². The van der Waals surface area contributed by atoms with Gasteiger partial charge in [0.05, 0.1) is 25.4 Å². The molecule has 1 amide bonds. The van der Waals surface area contributed by atoms with E-state index in [1.807, 2.05) is 69.3 Å². The molecule has 0 saturated heterocycles. The van der Waals surface area contributed by atoms with Crippen molar-refractivity contribution in [2.24, 2.45) is 0 Å². The molecule has 1 aliphatic carbocycles. The maximum Gasteiger partial charge on any atom is 0.410 e. The van der Waals surface area contributed by atoms with E-state index in [0.717, 1.165) is 21.2 Å². The second-order valence-electron chi connectivity index (χ2n) is 8.24. The number of hydrogen-bond acceptors (Lipinski definition) is 4. The van der Waals surface area contributed by atoms with Crippen molar-refractivity contribution in [3.05, 3.63) is 69.7 Å². The van der Waals surface area contributed by atoms with Crippen LogP contribution < -0.4 is 0 Å². The maximum absolute atomic E-state index is 13.0. The molecule has 1 N–H and O–H groups in total. The van der Waals surface area contributed by atoms with Crippen molar-refractivity contribution in [1.82, 2.24) is 4.90 Å². The van der Waals surface area contributed by atoms with E-state index in [1.165, 1.54) is 0 Å². The molecule has 0 heterocycles. The van der Waals surface area contributed by atoms with Crippen molar-refractivity contribution < 1.29 is 19.4 Å². The fourth-order valence-corrected chi connectivity index (χ4v) is 4.11. The van der Waals surface area contributed by atoms with Crippen molar-refractivity contribution >= 4 is 22.0 Å². The number of carbonyl (C=O) groups is 1. The Kier molecular flexibility index (Phi) is 6.98. The van der Waals surface area contributed by atoms with Crippen LogP contribution in [0.15, 0.2) is 53.0 Å². The van der Waals surface area contributed by atoms with Crippen LogP contribution in [0.2, 0.25) is 0 Å². The van der Waals surface area contributed by atoms with E-state index >= 15 is 0 Å². The third-order valence-corrected chi connectivity index (χ3v) is 5.55. The average Bonchev–Trinajstić information content (AvgIpc) is 2.98. The highest BCUT2D eigenvalue weighted by Gasteiger charge is 2.40. The fourth-order valence-electron chi connectivity index (χ4n) is 3.56. The maximum atomic E-state index is 13.0. The Morgan fingerprint density at radius 1 is 1.17 bits per heavy atom. The number of ether oxygens (including phenoxy) is 2. The number of benzene rings is 2. The summed E-state index contributed by atoms with van der Waals surface area (Å²) >= 11 is 3.56. The predicted molar refractivity (Wildman–Crippen MR) is 116 cm³/mol. The lowest BCUT2D eigenvalue weighted by Crippen LogP contribution is -2.43. The summed E-state index contributed by atoms with van der Waals surface area (Å²) in [4.78, 5) is 14.6. The molecular formula is C23H28BrNO4. The highest BCUT2D eigenvalue weighted by molar-refractivity contribution is 9.10. The van der Waals surface area contributed by atoms with Gasteiger partial charge in [0.15, 0.2) is 0 Å². The van der Waals surface area contributed by atoms with Gasteiger partial charge in [-0.05, 0) is 43.5 Å². The van der Waals surface area contributed by atoms with E-state index in [9.17, 15) is 9.90 Å². The largest absolute Gasteiger partial charge is 0.444 e. The monoisotopic (exact) mass is 461 g/mol. The summed E-state index contributed by atoms with van der Waals surface area (Å²) in [5, 5.41) is 10.8. The van der Waals surface area contributed by atoms with Crippen LogP contribution in [-0.4, -0.2) is 41.0 Å². The Morgan fingerprint density at radius 3 is 2.59 bits per heavy atom. The molecule has 0 saturated carbocycles. The van der Waals surface area contributed by atoms with Gasteiger partial charge in [0.25, 0.3) is 0 Å². The third kappa shape index (κ3) is 5.59. The normalized spacial score (nSPS) is 18.4. The van der Waals surface area contributed by atoms with E-state index in [2.05, 4.69) is 15.9 Å². The average molecular weight is 462 g/mol. The zero-order valence-corrected chi connectivity index (χ0v) is 18.7. The van der Waals surface area contributed by atoms with E-state index in [0.29, 0.717) is 26.2 Å². The first-order chi connectivity index (χ1) is 13.8. The van der Waals surface area contributed by atoms with Crippen LogP contribution in [0, 0.1) is 0 Å². The molecule has 156 valence electrons. The Bertz CT molecular complexity index is 835. The van der Waals surface area contributed by atoms with Gasteiger partial charge < -0.3 is 14.6 Å². The smallest absolute Gasteiger partial charge is 0.410 e. The number of aliphatic hydroxyl groups excluding tert-OH is 1. The van der Waals surface area contributed by atoms with Gasteiger partial charge in [-0.1, -0.05) is 58.4 Å². The van der Waals surface area contributed by atoms with Gasteiger partial charge in [-0.15, -0.1) is 0 Å². The molecule has 0 aliphatic heterocycles. The van der Waals surface area contributed by atoms with Gasteiger partial charge in [0, 0.05) is 17.4 Å². The van der Waals surface area contributed by atoms with Crippen molar-refractivity contribution in [1.29, 1.82) is 0 Å². The summed E-state index contributed by atoms with van der Waals surface area (Å²) in [6.45, 7) is 6.66. The summed E-state index contributed by atoms with van der Waals surface area (Å²) in [6, 6.07) is 15.3. The Balaban J connectivity index is 1.75.